The maximum absolute atomic E-state index is 12.5. The summed E-state index contributed by atoms with van der Waals surface area (Å²) in [6.45, 7) is 2.06. The molecule has 0 bridgehead atoms. The Morgan fingerprint density at radius 1 is 1.43 bits per heavy atom. The monoisotopic (exact) mass is 391 g/mol. The predicted molar refractivity (Wildman–Crippen MR) is 96.9 cm³/mol. The van der Waals surface area contributed by atoms with Crippen LogP contribution in [0.1, 0.15) is 17.4 Å². The molecular weight excluding hydrogens is 378 g/mol. The summed E-state index contributed by atoms with van der Waals surface area (Å²) in [5, 5.41) is 4.84. The number of hydrogen-bond acceptors (Lipinski definition) is 5. The zero-order valence-electron chi connectivity index (χ0n) is 12.6. The molecule has 2 heterocycles. The highest BCUT2D eigenvalue weighted by molar-refractivity contribution is 9.10. The number of aromatic nitrogens is 2. The quantitative estimate of drug-likeness (QED) is 0.637. The Morgan fingerprint density at radius 3 is 3.00 bits per heavy atom. The summed E-state index contributed by atoms with van der Waals surface area (Å²) >= 11 is 4.95. The Labute approximate surface area is 145 Å². The van der Waals surface area contributed by atoms with Gasteiger partial charge in [-0.05, 0) is 30.7 Å². The number of nitrogens with zero attached hydrogens (tertiary/aromatic N) is 3. The van der Waals surface area contributed by atoms with E-state index in [9.17, 15) is 4.79 Å². The zero-order chi connectivity index (χ0) is 16.4. The Kier molecular flexibility index (Phi) is 4.58. The van der Waals surface area contributed by atoms with Crippen LogP contribution in [0.15, 0.2) is 45.0 Å². The number of rotatable bonds is 4. The first-order chi connectivity index (χ1) is 11.1. The lowest BCUT2D eigenvalue weighted by Gasteiger charge is -2.04. The average molecular weight is 392 g/mol. The van der Waals surface area contributed by atoms with E-state index in [1.54, 1.807) is 24.7 Å². The molecule has 0 aliphatic rings. The van der Waals surface area contributed by atoms with Crippen LogP contribution in [0, 0.1) is 0 Å². The molecule has 23 heavy (non-hydrogen) atoms. The fourth-order valence-corrected chi connectivity index (χ4v) is 3.45. The molecule has 0 atom stereocenters. The van der Waals surface area contributed by atoms with Crippen molar-refractivity contribution in [3.63, 3.8) is 0 Å². The van der Waals surface area contributed by atoms with Crippen LogP contribution in [0.3, 0.4) is 0 Å². The predicted octanol–water partition coefficient (Wildman–Crippen LogP) is 3.67. The Bertz CT molecular complexity index is 946. The van der Waals surface area contributed by atoms with Gasteiger partial charge < -0.3 is 4.74 Å². The standard InChI is InChI=1S/C16H14BrN3O2S/c1-3-12-7-13-15(23-12)18-9-20(16(13)21)19-8-10-6-11(17)4-5-14(10)22-2/h4-9H,3H2,1-2H3/b19-8-. The minimum Gasteiger partial charge on any atom is -0.496 e. The number of aryl methyl sites for hydroxylation is 1. The third-order valence-corrected chi connectivity index (χ3v) is 5.03. The molecule has 5 nitrogen and oxygen atoms in total. The number of methoxy groups -OCH3 is 1. The van der Waals surface area contributed by atoms with Crippen molar-refractivity contribution in [1.29, 1.82) is 0 Å². The molecule has 0 amide bonds. The minimum absolute atomic E-state index is 0.170. The molecule has 0 unspecified atom stereocenters. The maximum atomic E-state index is 12.5. The molecule has 0 saturated carbocycles. The lowest BCUT2D eigenvalue weighted by Crippen LogP contribution is -2.16. The van der Waals surface area contributed by atoms with Crippen LogP contribution in [0.5, 0.6) is 5.75 Å². The van der Waals surface area contributed by atoms with E-state index >= 15 is 0 Å². The third kappa shape index (κ3) is 3.20. The van der Waals surface area contributed by atoms with Crippen molar-refractivity contribution in [2.45, 2.75) is 13.3 Å². The van der Waals surface area contributed by atoms with E-state index in [0.29, 0.717) is 11.1 Å². The van der Waals surface area contributed by atoms with Crippen molar-refractivity contribution in [2.75, 3.05) is 7.11 Å². The molecule has 118 valence electrons. The van der Waals surface area contributed by atoms with Crippen molar-refractivity contribution in [3.05, 3.63) is 55.9 Å². The normalized spacial score (nSPS) is 11.4. The van der Waals surface area contributed by atoms with Crippen LogP contribution < -0.4 is 10.3 Å². The molecule has 0 fully saturated rings. The molecule has 0 N–H and O–H groups in total. The summed E-state index contributed by atoms with van der Waals surface area (Å²) in [6.07, 6.45) is 3.92. The Balaban J connectivity index is 2.03. The highest BCUT2D eigenvalue weighted by Gasteiger charge is 2.08. The van der Waals surface area contributed by atoms with Crippen LogP contribution in [0.25, 0.3) is 10.2 Å². The second-order valence-corrected chi connectivity index (χ2v) is 6.84. The highest BCUT2D eigenvalue weighted by Crippen LogP contribution is 2.22. The first-order valence-electron chi connectivity index (χ1n) is 7.00. The van der Waals surface area contributed by atoms with Gasteiger partial charge in [0.2, 0.25) is 0 Å². The van der Waals surface area contributed by atoms with Crippen LogP contribution in [-0.4, -0.2) is 23.0 Å². The summed E-state index contributed by atoms with van der Waals surface area (Å²) in [7, 11) is 1.60. The molecule has 0 saturated heterocycles. The number of fused-ring (bicyclic) bond motifs is 1. The first-order valence-corrected chi connectivity index (χ1v) is 8.61. The zero-order valence-corrected chi connectivity index (χ0v) is 15.0. The van der Waals surface area contributed by atoms with Gasteiger partial charge in [-0.15, -0.1) is 11.3 Å². The molecule has 7 heteroatoms. The molecule has 0 radical (unpaired) electrons. The number of ether oxygens (including phenoxy) is 1. The van der Waals surface area contributed by atoms with Crippen molar-refractivity contribution in [1.82, 2.24) is 9.66 Å². The highest BCUT2D eigenvalue weighted by atomic mass is 79.9. The molecule has 3 rings (SSSR count). The largest absolute Gasteiger partial charge is 0.496 e. The van der Waals surface area contributed by atoms with Gasteiger partial charge in [-0.3, -0.25) is 4.79 Å². The van der Waals surface area contributed by atoms with Crippen molar-refractivity contribution >= 4 is 43.7 Å². The van der Waals surface area contributed by atoms with Gasteiger partial charge in [-0.1, -0.05) is 22.9 Å². The molecule has 3 aromatic rings. The second kappa shape index (κ2) is 6.64. The first kappa shape index (κ1) is 15.9. The third-order valence-electron chi connectivity index (χ3n) is 3.35. The van der Waals surface area contributed by atoms with E-state index in [2.05, 4.69) is 32.9 Å². The van der Waals surface area contributed by atoms with Gasteiger partial charge in [0.1, 0.15) is 16.9 Å². The number of benzene rings is 1. The molecule has 0 aliphatic heterocycles. The smallest absolute Gasteiger partial charge is 0.282 e. The topological polar surface area (TPSA) is 56.5 Å². The van der Waals surface area contributed by atoms with Gasteiger partial charge >= 0.3 is 0 Å². The fraction of sp³-hybridized carbons (Fsp3) is 0.188. The summed E-state index contributed by atoms with van der Waals surface area (Å²) < 4.78 is 7.45. The van der Waals surface area contributed by atoms with Crippen LogP contribution in [0.4, 0.5) is 0 Å². The average Bonchev–Trinajstić information content (AvgIpc) is 2.98. The number of hydrogen-bond donors (Lipinski definition) is 0. The van der Waals surface area contributed by atoms with Gasteiger partial charge in [0.05, 0.1) is 18.7 Å². The van der Waals surface area contributed by atoms with E-state index in [1.165, 1.54) is 11.0 Å². The molecule has 1 aromatic carbocycles. The van der Waals surface area contributed by atoms with Gasteiger partial charge in [-0.2, -0.15) is 9.78 Å². The van der Waals surface area contributed by atoms with Crippen LogP contribution >= 0.6 is 27.3 Å². The van der Waals surface area contributed by atoms with Gasteiger partial charge in [0.25, 0.3) is 5.56 Å². The summed E-state index contributed by atoms with van der Waals surface area (Å²) in [6, 6.07) is 7.48. The van der Waals surface area contributed by atoms with Gasteiger partial charge in [0, 0.05) is 14.9 Å². The lowest BCUT2D eigenvalue weighted by atomic mass is 10.2. The molecule has 0 spiro atoms. The summed E-state index contributed by atoms with van der Waals surface area (Å²) in [5.41, 5.74) is 0.601. The Hall–Kier alpha value is -1.99. The van der Waals surface area contributed by atoms with Gasteiger partial charge in [-0.25, -0.2) is 4.98 Å². The van der Waals surface area contributed by atoms with Crippen LogP contribution in [0.2, 0.25) is 0 Å². The van der Waals surface area contributed by atoms with E-state index < -0.39 is 0 Å². The number of thiophene rings is 1. The van der Waals surface area contributed by atoms with E-state index in [-0.39, 0.29) is 5.56 Å². The molecule has 2 aromatic heterocycles. The van der Waals surface area contributed by atoms with E-state index in [4.69, 9.17) is 4.74 Å². The maximum Gasteiger partial charge on any atom is 0.282 e. The minimum atomic E-state index is -0.170. The Morgan fingerprint density at radius 2 is 2.26 bits per heavy atom. The second-order valence-electron chi connectivity index (χ2n) is 4.81. The molecular formula is C16H14BrN3O2S. The van der Waals surface area contributed by atoms with Crippen molar-refractivity contribution < 1.29 is 4.74 Å². The van der Waals surface area contributed by atoms with Crippen LogP contribution in [-0.2, 0) is 6.42 Å². The molecule has 0 aliphatic carbocycles. The lowest BCUT2D eigenvalue weighted by molar-refractivity contribution is 0.414. The fourth-order valence-electron chi connectivity index (χ4n) is 2.15. The van der Waals surface area contributed by atoms with Crippen molar-refractivity contribution in [2.24, 2.45) is 5.10 Å². The number of halogens is 1. The van der Waals surface area contributed by atoms with Gasteiger partial charge in [0.15, 0.2) is 0 Å². The van der Waals surface area contributed by atoms with Crippen molar-refractivity contribution in [3.8, 4) is 5.75 Å². The van der Waals surface area contributed by atoms with E-state index in [0.717, 1.165) is 26.2 Å². The summed E-state index contributed by atoms with van der Waals surface area (Å²) in [5.74, 6) is 0.683. The SMILES string of the molecule is CCc1cc2c(=O)n(/N=C\c3cc(Br)ccc3OC)cnc2s1. The van der Waals surface area contributed by atoms with E-state index in [1.807, 2.05) is 24.3 Å². The summed E-state index contributed by atoms with van der Waals surface area (Å²) in [4.78, 5) is 18.7.